The van der Waals surface area contributed by atoms with Crippen molar-refractivity contribution in [3.8, 4) is 0 Å². The molecule has 5 nitrogen and oxygen atoms in total. The first kappa shape index (κ1) is 14.4. The molecule has 0 spiro atoms. The Kier molecular flexibility index (Phi) is 5.87. The van der Waals surface area contributed by atoms with Crippen molar-refractivity contribution in [2.75, 3.05) is 27.9 Å². The third-order valence-corrected chi connectivity index (χ3v) is 4.92. The van der Waals surface area contributed by atoms with E-state index < -0.39 is 11.9 Å². The second-order valence-electron chi connectivity index (χ2n) is 3.09. The number of thioether (sulfide) groups is 2. The lowest BCUT2D eigenvalue weighted by molar-refractivity contribution is -0.138. The number of carbonyl (C=O) groups excluding carboxylic acids is 2. The SMILES string of the molecule is COCCC1SC(C(=O)OC)=C(C(=O)OC)S1. The minimum Gasteiger partial charge on any atom is -0.465 e. The topological polar surface area (TPSA) is 61.8 Å². The van der Waals surface area contributed by atoms with Crippen LogP contribution in [-0.2, 0) is 23.8 Å². The Hall–Kier alpha value is -0.660. The molecular formula is C10H14O5S2. The van der Waals surface area contributed by atoms with E-state index in [2.05, 4.69) is 9.47 Å². The first-order chi connectivity index (χ1) is 8.13. The van der Waals surface area contributed by atoms with E-state index in [0.717, 1.165) is 6.42 Å². The molecule has 0 aromatic rings. The van der Waals surface area contributed by atoms with E-state index in [1.54, 1.807) is 7.11 Å². The van der Waals surface area contributed by atoms with Crippen LogP contribution in [0.5, 0.6) is 0 Å². The van der Waals surface area contributed by atoms with Crippen molar-refractivity contribution < 1.29 is 23.8 Å². The van der Waals surface area contributed by atoms with Crippen molar-refractivity contribution in [2.45, 2.75) is 11.0 Å². The normalized spacial score (nSPS) is 16.2. The van der Waals surface area contributed by atoms with Crippen LogP contribution in [0.15, 0.2) is 9.81 Å². The van der Waals surface area contributed by atoms with E-state index in [9.17, 15) is 9.59 Å². The van der Waals surface area contributed by atoms with Crippen molar-refractivity contribution in [3.63, 3.8) is 0 Å². The molecule has 0 unspecified atom stereocenters. The Balaban J connectivity index is 2.77. The number of hydrogen-bond acceptors (Lipinski definition) is 7. The molecule has 96 valence electrons. The number of esters is 2. The van der Waals surface area contributed by atoms with Gasteiger partial charge in [-0.25, -0.2) is 9.59 Å². The third kappa shape index (κ3) is 3.65. The summed E-state index contributed by atoms with van der Waals surface area (Å²) in [7, 11) is 4.19. The summed E-state index contributed by atoms with van der Waals surface area (Å²) in [5, 5.41) is 0. The largest absolute Gasteiger partial charge is 0.465 e. The van der Waals surface area contributed by atoms with Gasteiger partial charge in [0.15, 0.2) is 0 Å². The quantitative estimate of drug-likeness (QED) is 0.704. The van der Waals surface area contributed by atoms with Crippen LogP contribution in [0.4, 0.5) is 0 Å². The standard InChI is InChI=1S/C10H14O5S2/c1-13-5-4-6-16-7(9(11)14-2)8(17-6)10(12)15-3/h6H,4-5H2,1-3H3. The Bertz CT molecular complexity index is 312. The lowest BCUT2D eigenvalue weighted by Crippen LogP contribution is -2.08. The van der Waals surface area contributed by atoms with E-state index in [1.807, 2.05) is 0 Å². The molecule has 0 radical (unpaired) electrons. The molecule has 1 heterocycles. The highest BCUT2D eigenvalue weighted by atomic mass is 32.2. The average molecular weight is 278 g/mol. The number of rotatable bonds is 5. The van der Waals surface area contributed by atoms with Gasteiger partial charge in [-0.2, -0.15) is 0 Å². The maximum atomic E-state index is 11.5. The van der Waals surface area contributed by atoms with Crippen LogP contribution in [-0.4, -0.2) is 44.5 Å². The average Bonchev–Trinajstić information content (AvgIpc) is 2.78. The monoisotopic (exact) mass is 278 g/mol. The van der Waals surface area contributed by atoms with Gasteiger partial charge in [-0.05, 0) is 6.42 Å². The van der Waals surface area contributed by atoms with Crippen LogP contribution < -0.4 is 0 Å². The molecule has 0 atom stereocenters. The summed E-state index contributed by atoms with van der Waals surface area (Å²) in [5.74, 6) is -0.995. The van der Waals surface area contributed by atoms with E-state index in [-0.39, 0.29) is 4.58 Å². The molecule has 0 fully saturated rings. The summed E-state index contributed by atoms with van der Waals surface area (Å²) in [4.78, 5) is 23.7. The van der Waals surface area contributed by atoms with Gasteiger partial charge in [-0.1, -0.05) is 0 Å². The Labute approximate surface area is 108 Å². The summed E-state index contributed by atoms with van der Waals surface area (Å²) in [6.07, 6.45) is 0.743. The Morgan fingerprint density at radius 2 is 1.53 bits per heavy atom. The lowest BCUT2D eigenvalue weighted by Gasteiger charge is -2.06. The summed E-state index contributed by atoms with van der Waals surface area (Å²) < 4.78 is 14.3. The molecule has 0 aliphatic carbocycles. The van der Waals surface area contributed by atoms with Gasteiger partial charge < -0.3 is 14.2 Å². The molecule has 1 aliphatic heterocycles. The van der Waals surface area contributed by atoms with Crippen LogP contribution in [0.3, 0.4) is 0 Å². The fraction of sp³-hybridized carbons (Fsp3) is 0.600. The maximum absolute atomic E-state index is 11.5. The van der Waals surface area contributed by atoms with E-state index >= 15 is 0 Å². The number of methoxy groups -OCH3 is 3. The van der Waals surface area contributed by atoms with Gasteiger partial charge in [0.25, 0.3) is 0 Å². The zero-order valence-corrected chi connectivity index (χ0v) is 11.5. The van der Waals surface area contributed by atoms with Crippen molar-refractivity contribution in [3.05, 3.63) is 9.81 Å². The first-order valence-corrected chi connectivity index (χ1v) is 6.63. The second-order valence-corrected chi connectivity index (χ2v) is 5.81. The molecule has 0 N–H and O–H groups in total. The van der Waals surface area contributed by atoms with Crippen LogP contribution in [0, 0.1) is 0 Å². The summed E-state index contributed by atoms with van der Waals surface area (Å²) in [6, 6.07) is 0. The zero-order chi connectivity index (χ0) is 12.8. The fourth-order valence-electron chi connectivity index (χ4n) is 1.19. The summed E-state index contributed by atoms with van der Waals surface area (Å²) >= 11 is 2.64. The molecule has 1 aliphatic rings. The molecule has 1 rings (SSSR count). The Morgan fingerprint density at radius 1 is 1.06 bits per heavy atom. The molecule has 17 heavy (non-hydrogen) atoms. The predicted molar refractivity (Wildman–Crippen MR) is 66.5 cm³/mol. The van der Waals surface area contributed by atoms with Crippen molar-refractivity contribution >= 4 is 35.5 Å². The van der Waals surface area contributed by atoms with Gasteiger partial charge in [-0.15, -0.1) is 23.5 Å². The summed E-state index contributed by atoms with van der Waals surface area (Å²) in [5.41, 5.74) is 0. The van der Waals surface area contributed by atoms with Gasteiger partial charge >= 0.3 is 11.9 Å². The van der Waals surface area contributed by atoms with E-state index in [1.165, 1.54) is 37.7 Å². The highest BCUT2D eigenvalue weighted by molar-refractivity contribution is 8.24. The van der Waals surface area contributed by atoms with Crippen molar-refractivity contribution in [1.29, 1.82) is 0 Å². The van der Waals surface area contributed by atoms with Crippen LogP contribution in [0.25, 0.3) is 0 Å². The third-order valence-electron chi connectivity index (χ3n) is 2.00. The maximum Gasteiger partial charge on any atom is 0.345 e. The molecular weight excluding hydrogens is 264 g/mol. The van der Waals surface area contributed by atoms with E-state index in [4.69, 9.17) is 4.74 Å². The van der Waals surface area contributed by atoms with Gasteiger partial charge in [0.05, 0.1) is 18.8 Å². The number of carbonyl (C=O) groups is 2. The molecule has 0 amide bonds. The highest BCUT2D eigenvalue weighted by Crippen LogP contribution is 2.48. The molecule has 0 saturated carbocycles. The van der Waals surface area contributed by atoms with Gasteiger partial charge in [0.1, 0.15) is 9.81 Å². The van der Waals surface area contributed by atoms with Crippen molar-refractivity contribution in [1.82, 2.24) is 0 Å². The minimum atomic E-state index is -0.497. The molecule has 7 heteroatoms. The first-order valence-electron chi connectivity index (χ1n) is 4.87. The number of hydrogen-bond donors (Lipinski definition) is 0. The predicted octanol–water partition coefficient (Wildman–Crippen LogP) is 1.39. The zero-order valence-electron chi connectivity index (χ0n) is 9.85. The highest BCUT2D eigenvalue weighted by Gasteiger charge is 2.34. The van der Waals surface area contributed by atoms with Gasteiger partial charge in [-0.3, -0.25) is 0 Å². The second kappa shape index (κ2) is 6.93. The van der Waals surface area contributed by atoms with Crippen LogP contribution in [0.1, 0.15) is 6.42 Å². The van der Waals surface area contributed by atoms with Gasteiger partial charge in [0, 0.05) is 13.7 Å². The van der Waals surface area contributed by atoms with Crippen molar-refractivity contribution in [2.24, 2.45) is 0 Å². The van der Waals surface area contributed by atoms with Gasteiger partial charge in [0.2, 0.25) is 0 Å². The summed E-state index contributed by atoms with van der Waals surface area (Å²) in [6.45, 7) is 0.577. The molecule has 0 bridgehead atoms. The Morgan fingerprint density at radius 3 is 1.88 bits per heavy atom. The lowest BCUT2D eigenvalue weighted by atomic mass is 10.5. The van der Waals surface area contributed by atoms with Crippen LogP contribution in [0.2, 0.25) is 0 Å². The fourth-order valence-corrected chi connectivity index (χ4v) is 3.95. The number of ether oxygens (including phenoxy) is 3. The minimum absolute atomic E-state index is 0.0816. The molecule has 0 aromatic carbocycles. The van der Waals surface area contributed by atoms with Crippen LogP contribution >= 0.6 is 23.5 Å². The smallest absolute Gasteiger partial charge is 0.345 e. The van der Waals surface area contributed by atoms with E-state index in [0.29, 0.717) is 16.4 Å². The molecule has 0 aromatic heterocycles. The molecule has 0 saturated heterocycles.